The molecule has 1 aromatic carbocycles. The highest BCUT2D eigenvalue weighted by Gasteiger charge is 2.42. The van der Waals surface area contributed by atoms with Crippen molar-refractivity contribution in [3.05, 3.63) is 35.9 Å². The smallest absolute Gasteiger partial charge is 0.408 e. The fourth-order valence-corrected chi connectivity index (χ4v) is 9.02. The number of amides is 8. The van der Waals surface area contributed by atoms with Crippen LogP contribution in [0, 0.1) is 54.1 Å². The molecule has 1 aromatic rings. The molecule has 0 spiro atoms. The zero-order valence-electron chi connectivity index (χ0n) is 74.3. The number of urea groups is 1. The number of hydrogen-bond donors (Lipinski definition) is 7. The Hall–Kier alpha value is -5.25. The summed E-state index contributed by atoms with van der Waals surface area (Å²) in [6.07, 6.45) is -0.526. The standard InChI is InChI=1S/C11H14O.C11H24.C10H21N3O2.C9H18N2O3.C9H18N2O2S.C9H19NO.C9H18O.C8H18O2S.2C2H6.CH4/c1-11(2,3)10(12)9-7-5-4-6-8-9;1-9(2,3)11(7,8)10(4,5)6;1-6-13(5)9(15)12-7-11-8(14)10(2,3)4;2*1-5-14-8(13)11-6-10-7(12)9(2,3)4;1-8(2,3)7(11)10-9(4,5)6;1-8(2,3)7(10)9(4,5)6;1-7(2,3)11(9,10)8(4,5)6;2*1-2;/h4-8H,1-3H3;1-8H3;6-7H2,1-5H3,(H,11,14)(H,12,15);2*5-6H2,1-4H3,(H,10,12)(H,11,13);1-6H3,(H,10,11);1-6H3;1-6H3;2*1-2H3;1H4. The summed E-state index contributed by atoms with van der Waals surface area (Å²) in [6, 6.07) is 9.21. The summed E-state index contributed by atoms with van der Waals surface area (Å²) >= 11 is 1.19. The van der Waals surface area contributed by atoms with E-state index < -0.39 is 41.7 Å². The first-order valence-electron chi connectivity index (χ1n) is 36.2. The Labute approximate surface area is 639 Å². The third-order valence-electron chi connectivity index (χ3n) is 14.5. The van der Waals surface area contributed by atoms with Gasteiger partial charge in [0.25, 0.3) is 5.24 Å². The summed E-state index contributed by atoms with van der Waals surface area (Å²) in [5.74, 6) is 1.09. The molecule has 0 bridgehead atoms. The van der Waals surface area contributed by atoms with Gasteiger partial charge in [-0.05, 0) is 98.2 Å². The Morgan fingerprint density at radius 2 is 0.718 bits per heavy atom. The van der Waals surface area contributed by atoms with Gasteiger partial charge in [0.1, 0.15) is 5.78 Å². The highest BCUT2D eigenvalue weighted by atomic mass is 32.2. The maximum absolute atomic E-state index is 11.7. The Kier molecular flexibility index (Phi) is 59.0. The Balaban J connectivity index is -0.000000119. The zero-order chi connectivity index (χ0) is 84.5. The molecule has 1 rings (SSSR count). The molecule has 22 heteroatoms. The molecule has 0 aromatic heterocycles. The number of nitrogens with zero attached hydrogens (tertiary/aromatic N) is 1. The molecule has 0 aliphatic heterocycles. The first kappa shape index (κ1) is 119. The molecule has 20 nitrogen and oxygen atoms in total. The van der Waals surface area contributed by atoms with Crippen LogP contribution in [0.25, 0.3) is 0 Å². The van der Waals surface area contributed by atoms with Crippen LogP contribution in [0.4, 0.5) is 14.4 Å². The number of hydrogen-bond acceptors (Lipinski definition) is 13. The van der Waals surface area contributed by atoms with E-state index in [1.54, 1.807) is 76.3 Å². The number of carbonyl (C=O) groups is 9. The molecular formula is C81H166N8O12S2. The number of Topliss-reactive ketones (excluding diaryl/α,β-unsaturated/α-hetero) is 2. The molecule has 0 aliphatic rings. The van der Waals surface area contributed by atoms with Crippen molar-refractivity contribution in [1.82, 2.24) is 42.1 Å². The number of nitrogens with one attached hydrogen (secondary N) is 7. The van der Waals surface area contributed by atoms with E-state index in [-0.39, 0.29) is 95.3 Å². The molecule has 0 saturated carbocycles. The minimum atomic E-state index is -3.01. The minimum absolute atomic E-state index is 0. The van der Waals surface area contributed by atoms with Crippen molar-refractivity contribution in [2.45, 2.75) is 334 Å². The first-order chi connectivity index (χ1) is 44.8. The van der Waals surface area contributed by atoms with Gasteiger partial charge in [0, 0.05) is 62.6 Å². The highest BCUT2D eigenvalue weighted by molar-refractivity contribution is 8.13. The maximum atomic E-state index is 11.7. The normalized spacial score (nSPS) is 11.8. The zero-order valence-corrected chi connectivity index (χ0v) is 75.9. The molecule has 8 amide bonds. The third-order valence-corrected chi connectivity index (χ3v) is 18.4. The van der Waals surface area contributed by atoms with Crippen LogP contribution in [0.15, 0.2) is 30.3 Å². The van der Waals surface area contributed by atoms with Crippen molar-refractivity contribution < 1.29 is 56.3 Å². The summed E-state index contributed by atoms with van der Waals surface area (Å²) in [7, 11) is -1.32. The number of sulfone groups is 1. The van der Waals surface area contributed by atoms with Gasteiger partial charge in [-0.2, -0.15) is 0 Å². The van der Waals surface area contributed by atoms with E-state index in [4.69, 9.17) is 0 Å². The van der Waals surface area contributed by atoms with Crippen LogP contribution in [0.3, 0.4) is 0 Å². The van der Waals surface area contributed by atoms with Crippen molar-refractivity contribution in [2.24, 2.45) is 54.1 Å². The molecule has 0 unspecified atom stereocenters. The number of alkyl carbamates (subject to hydrolysis) is 1. The van der Waals surface area contributed by atoms with E-state index in [1.807, 2.05) is 217 Å². The van der Waals surface area contributed by atoms with Gasteiger partial charge in [-0.25, -0.2) is 18.0 Å². The van der Waals surface area contributed by atoms with Crippen molar-refractivity contribution in [3.63, 3.8) is 0 Å². The number of thioether (sulfide) groups is 1. The first-order valence-corrected chi connectivity index (χ1v) is 38.7. The predicted octanol–water partition coefficient (Wildman–Crippen LogP) is 19.5. The third kappa shape index (κ3) is 60.6. The van der Waals surface area contributed by atoms with Crippen LogP contribution in [0.5, 0.6) is 0 Å². The summed E-state index contributed by atoms with van der Waals surface area (Å²) in [5, 5.41) is 18.2. The van der Waals surface area contributed by atoms with Gasteiger partial charge in [0.05, 0.1) is 36.1 Å². The Morgan fingerprint density at radius 1 is 0.417 bits per heavy atom. The van der Waals surface area contributed by atoms with Crippen molar-refractivity contribution in [2.75, 3.05) is 46.0 Å². The second kappa shape index (κ2) is 51.1. The second-order valence-corrected chi connectivity index (χ2v) is 41.4. The topological polar surface area (TPSA) is 284 Å². The summed E-state index contributed by atoms with van der Waals surface area (Å²) in [4.78, 5) is 103. The lowest BCUT2D eigenvalue weighted by Crippen LogP contribution is -2.46. The maximum Gasteiger partial charge on any atom is 0.408 e. The number of ketones is 2. The van der Waals surface area contributed by atoms with Crippen molar-refractivity contribution in [3.8, 4) is 0 Å². The Morgan fingerprint density at radius 3 is 0.913 bits per heavy atom. The molecule has 103 heavy (non-hydrogen) atoms. The molecule has 0 fully saturated rings. The highest BCUT2D eigenvalue weighted by Crippen LogP contribution is 2.50. The van der Waals surface area contributed by atoms with E-state index in [9.17, 15) is 51.6 Å². The molecule has 0 atom stereocenters. The molecule has 614 valence electrons. The van der Waals surface area contributed by atoms with E-state index in [0.717, 1.165) is 11.3 Å². The molecule has 0 aliphatic carbocycles. The molecule has 0 heterocycles. The number of rotatable bonds is 10. The summed E-state index contributed by atoms with van der Waals surface area (Å²) in [5.41, 5.74) is -0.434. The average molecular weight is 1510 g/mol. The summed E-state index contributed by atoms with van der Waals surface area (Å²) in [6.45, 7) is 89.5. The fourth-order valence-electron chi connectivity index (χ4n) is 6.75. The number of ether oxygens (including phenoxy) is 1. The lowest BCUT2D eigenvalue weighted by Gasteiger charge is -2.49. The van der Waals surface area contributed by atoms with Gasteiger partial charge in [0.15, 0.2) is 15.6 Å². The minimum Gasteiger partial charge on any atom is -0.450 e. The van der Waals surface area contributed by atoms with Crippen LogP contribution >= 0.6 is 11.8 Å². The SMILES string of the molecule is C.CC.CC.CC(C)(C)C(=O)C(C)(C)C.CC(C)(C)C(=O)c1ccccc1.CC(C)(C)C(C)(C)C(C)(C)C.CC(C)(C)NC(=O)C(C)(C)C.CC(C)(C)S(=O)(=O)C(C)(C)C.CCN(C)C(=O)NCNC(=O)C(C)(C)C.CCOC(=O)NCNC(=O)C(C)(C)C.CCSC(=O)NCNC(=O)C(C)(C)C. The second-order valence-electron chi connectivity index (χ2n) is 36.7. The predicted molar refractivity (Wildman–Crippen MR) is 443 cm³/mol. The lowest BCUT2D eigenvalue weighted by atomic mass is 9.56. The average Bonchev–Trinajstić information content (AvgIpc) is 0.797. The van der Waals surface area contributed by atoms with Gasteiger partial charge in [0.2, 0.25) is 23.6 Å². The van der Waals surface area contributed by atoms with Crippen molar-refractivity contribution >= 4 is 74.2 Å². The largest absolute Gasteiger partial charge is 0.450 e. The van der Waals surface area contributed by atoms with E-state index in [0.29, 0.717) is 35.2 Å². The number of carbonyl (C=O) groups excluding carboxylic acids is 9. The molecular weight excluding hydrogens is 1340 g/mol. The fraction of sp³-hybridized carbons (Fsp3) is 0.815. The van der Waals surface area contributed by atoms with E-state index >= 15 is 0 Å². The monoisotopic (exact) mass is 1510 g/mol. The van der Waals surface area contributed by atoms with E-state index in [2.05, 4.69) is 97.3 Å². The molecule has 0 saturated heterocycles. The van der Waals surface area contributed by atoms with Crippen molar-refractivity contribution in [1.29, 1.82) is 0 Å². The van der Waals surface area contributed by atoms with Gasteiger partial charge in [-0.1, -0.05) is 285 Å². The van der Waals surface area contributed by atoms with Gasteiger partial charge >= 0.3 is 12.1 Å². The van der Waals surface area contributed by atoms with Crippen LogP contribution in [0.2, 0.25) is 0 Å². The molecule has 7 N–H and O–H groups in total. The Bertz CT molecular complexity index is 2560. The quantitative estimate of drug-likeness (QED) is 0.0848. The van der Waals surface area contributed by atoms with Crippen LogP contribution in [-0.4, -0.2) is 127 Å². The summed E-state index contributed by atoms with van der Waals surface area (Å²) < 4.78 is 26.7. The van der Waals surface area contributed by atoms with Crippen LogP contribution in [-0.2, 0) is 38.5 Å². The van der Waals surface area contributed by atoms with Gasteiger partial charge in [-0.15, -0.1) is 0 Å². The molecule has 0 radical (unpaired) electrons. The van der Waals surface area contributed by atoms with Crippen LogP contribution in [0.1, 0.15) is 329 Å². The van der Waals surface area contributed by atoms with Crippen LogP contribution < -0.4 is 37.2 Å². The van der Waals surface area contributed by atoms with E-state index in [1.165, 1.54) is 16.7 Å². The van der Waals surface area contributed by atoms with Gasteiger partial charge in [-0.3, -0.25) is 33.6 Å². The van der Waals surface area contributed by atoms with Gasteiger partial charge < -0.3 is 46.9 Å². The number of benzene rings is 1. The lowest BCUT2D eigenvalue weighted by molar-refractivity contribution is -0.134.